The number of hydrogen-bond acceptors (Lipinski definition) is 3. The summed E-state index contributed by atoms with van der Waals surface area (Å²) in [4.78, 5) is 12.1. The van der Waals surface area contributed by atoms with Gasteiger partial charge in [-0.1, -0.05) is 6.07 Å². The summed E-state index contributed by atoms with van der Waals surface area (Å²) in [5.41, 5.74) is 8.99. The van der Waals surface area contributed by atoms with E-state index in [0.29, 0.717) is 0 Å². The summed E-state index contributed by atoms with van der Waals surface area (Å²) in [5.74, 6) is 0.0430. The Balaban J connectivity index is 2.01. The number of hydrogen-bond donors (Lipinski definition) is 3. The highest BCUT2D eigenvalue weighted by molar-refractivity contribution is 5.82. The van der Waals surface area contributed by atoms with Crippen molar-refractivity contribution in [2.75, 3.05) is 5.73 Å². The Bertz CT molecular complexity index is 505. The zero-order valence-corrected chi connectivity index (χ0v) is 12.8. The zero-order valence-electron chi connectivity index (χ0n) is 12.8. The molecular weight excluding hydrogens is 250 g/mol. The van der Waals surface area contributed by atoms with E-state index >= 15 is 0 Å². The third-order valence-corrected chi connectivity index (χ3v) is 3.59. The van der Waals surface area contributed by atoms with Crippen LogP contribution < -0.4 is 16.4 Å². The predicted octanol–water partition coefficient (Wildman–Crippen LogP) is 2.15. The number of fused-ring (bicyclic) bond motifs is 1. The van der Waals surface area contributed by atoms with Gasteiger partial charge in [-0.05, 0) is 63.8 Å². The summed E-state index contributed by atoms with van der Waals surface area (Å²) in [5, 5.41) is 6.43. The van der Waals surface area contributed by atoms with Crippen LogP contribution in [0.1, 0.15) is 51.3 Å². The largest absolute Gasteiger partial charge is 0.399 e. The van der Waals surface area contributed by atoms with Crippen LogP contribution >= 0.6 is 0 Å². The van der Waals surface area contributed by atoms with Crippen molar-refractivity contribution in [2.45, 2.75) is 58.2 Å². The van der Waals surface area contributed by atoms with E-state index < -0.39 is 0 Å². The van der Waals surface area contributed by atoms with Crippen LogP contribution in [0.5, 0.6) is 0 Å². The molecule has 2 atom stereocenters. The normalized spacial score (nSPS) is 19.5. The lowest BCUT2D eigenvalue weighted by atomic mass is 10.1. The number of nitrogens with one attached hydrogen (secondary N) is 2. The summed E-state index contributed by atoms with van der Waals surface area (Å²) in [6, 6.07) is 6.08. The second kappa shape index (κ2) is 5.44. The van der Waals surface area contributed by atoms with Crippen molar-refractivity contribution in [3.63, 3.8) is 0 Å². The van der Waals surface area contributed by atoms with Gasteiger partial charge in [-0.25, -0.2) is 0 Å². The van der Waals surface area contributed by atoms with Gasteiger partial charge in [0.15, 0.2) is 0 Å². The van der Waals surface area contributed by atoms with Crippen molar-refractivity contribution in [2.24, 2.45) is 0 Å². The third-order valence-electron chi connectivity index (χ3n) is 3.59. The lowest BCUT2D eigenvalue weighted by molar-refractivity contribution is -0.124. The highest BCUT2D eigenvalue weighted by atomic mass is 16.2. The molecule has 20 heavy (non-hydrogen) atoms. The number of nitrogens with two attached hydrogens (primary N) is 1. The highest BCUT2D eigenvalue weighted by Gasteiger charge is 2.26. The van der Waals surface area contributed by atoms with Crippen LogP contribution in [0.2, 0.25) is 0 Å². The third kappa shape index (κ3) is 3.51. The monoisotopic (exact) mass is 275 g/mol. The molecule has 2 unspecified atom stereocenters. The Kier molecular flexibility index (Phi) is 4.04. The minimum atomic E-state index is -0.206. The molecule has 110 valence electrons. The van der Waals surface area contributed by atoms with E-state index in [1.807, 2.05) is 39.8 Å². The zero-order chi connectivity index (χ0) is 14.9. The average Bonchev–Trinajstić information content (AvgIpc) is 2.69. The minimum Gasteiger partial charge on any atom is -0.399 e. The van der Waals surface area contributed by atoms with E-state index in [4.69, 9.17) is 5.73 Å². The van der Waals surface area contributed by atoms with Crippen molar-refractivity contribution in [3.05, 3.63) is 29.3 Å². The molecule has 0 bridgehead atoms. The van der Waals surface area contributed by atoms with Gasteiger partial charge in [0, 0.05) is 17.3 Å². The topological polar surface area (TPSA) is 67.1 Å². The summed E-state index contributed by atoms with van der Waals surface area (Å²) in [7, 11) is 0. The first-order valence-corrected chi connectivity index (χ1v) is 7.22. The molecule has 0 fully saturated rings. The predicted molar refractivity (Wildman–Crippen MR) is 82.4 cm³/mol. The van der Waals surface area contributed by atoms with Crippen molar-refractivity contribution < 1.29 is 4.79 Å². The number of carbonyl (C=O) groups excluding carboxylic acids is 1. The van der Waals surface area contributed by atoms with Crippen LogP contribution in [-0.2, 0) is 11.2 Å². The molecule has 0 saturated carbocycles. The molecular formula is C16H25N3O. The second-order valence-corrected chi connectivity index (χ2v) is 6.68. The quantitative estimate of drug-likeness (QED) is 0.740. The van der Waals surface area contributed by atoms with E-state index in [-0.39, 0.29) is 23.5 Å². The van der Waals surface area contributed by atoms with Crippen LogP contribution in [0.3, 0.4) is 0 Å². The molecule has 1 amide bonds. The molecule has 0 spiro atoms. The molecule has 4 nitrogen and oxygen atoms in total. The maximum Gasteiger partial charge on any atom is 0.237 e. The number of aryl methyl sites for hydroxylation is 1. The van der Waals surface area contributed by atoms with Crippen LogP contribution in [0.15, 0.2) is 18.2 Å². The first kappa shape index (κ1) is 14.9. The standard InChI is InChI=1S/C16H25N3O/c1-10(15(20)19-16(2,3)4)18-14-8-5-11-9-12(17)6-7-13(11)14/h6-7,9-10,14,18H,5,8,17H2,1-4H3,(H,19,20). The number of anilines is 1. The Hall–Kier alpha value is -1.55. The molecule has 4 N–H and O–H groups in total. The fraction of sp³-hybridized carbons (Fsp3) is 0.562. The van der Waals surface area contributed by atoms with Crippen molar-refractivity contribution in [1.29, 1.82) is 0 Å². The molecule has 4 heteroatoms. The van der Waals surface area contributed by atoms with Crippen LogP contribution in [0.4, 0.5) is 5.69 Å². The Morgan fingerprint density at radius 2 is 2.10 bits per heavy atom. The minimum absolute atomic E-state index is 0.0430. The number of benzene rings is 1. The van der Waals surface area contributed by atoms with Crippen molar-refractivity contribution in [1.82, 2.24) is 10.6 Å². The van der Waals surface area contributed by atoms with Gasteiger partial charge < -0.3 is 11.1 Å². The molecule has 0 heterocycles. The van der Waals surface area contributed by atoms with E-state index in [0.717, 1.165) is 18.5 Å². The Labute approximate surface area is 121 Å². The van der Waals surface area contributed by atoms with E-state index in [1.54, 1.807) is 0 Å². The maximum absolute atomic E-state index is 12.1. The molecule has 0 aliphatic heterocycles. The van der Waals surface area contributed by atoms with Gasteiger partial charge in [-0.15, -0.1) is 0 Å². The lowest BCUT2D eigenvalue weighted by Gasteiger charge is -2.25. The number of amides is 1. The summed E-state index contributed by atoms with van der Waals surface area (Å²) >= 11 is 0. The SMILES string of the molecule is CC(NC1CCc2cc(N)ccc21)C(=O)NC(C)(C)C. The van der Waals surface area contributed by atoms with Crippen LogP contribution in [0.25, 0.3) is 0 Å². The van der Waals surface area contributed by atoms with Crippen LogP contribution in [0, 0.1) is 0 Å². The molecule has 0 saturated heterocycles. The van der Waals surface area contributed by atoms with Crippen molar-refractivity contribution >= 4 is 11.6 Å². The fourth-order valence-corrected chi connectivity index (χ4v) is 2.67. The molecule has 0 radical (unpaired) electrons. The van der Waals surface area contributed by atoms with Gasteiger partial charge in [0.05, 0.1) is 6.04 Å². The lowest BCUT2D eigenvalue weighted by Crippen LogP contribution is -2.50. The summed E-state index contributed by atoms with van der Waals surface area (Å²) in [6.45, 7) is 7.89. The molecule has 2 rings (SSSR count). The number of carbonyl (C=O) groups is 1. The molecule has 1 aromatic carbocycles. The molecule has 0 aromatic heterocycles. The first-order valence-electron chi connectivity index (χ1n) is 7.22. The van der Waals surface area contributed by atoms with E-state index in [9.17, 15) is 4.79 Å². The van der Waals surface area contributed by atoms with Gasteiger partial charge in [0.1, 0.15) is 0 Å². The van der Waals surface area contributed by atoms with Gasteiger partial charge in [-0.2, -0.15) is 0 Å². The van der Waals surface area contributed by atoms with Crippen LogP contribution in [-0.4, -0.2) is 17.5 Å². The highest BCUT2D eigenvalue weighted by Crippen LogP contribution is 2.32. The van der Waals surface area contributed by atoms with Gasteiger partial charge in [0.2, 0.25) is 5.91 Å². The second-order valence-electron chi connectivity index (χ2n) is 6.68. The van der Waals surface area contributed by atoms with Gasteiger partial charge in [0.25, 0.3) is 0 Å². The Morgan fingerprint density at radius 3 is 2.75 bits per heavy atom. The van der Waals surface area contributed by atoms with Crippen molar-refractivity contribution in [3.8, 4) is 0 Å². The van der Waals surface area contributed by atoms with E-state index in [2.05, 4.69) is 16.7 Å². The molecule has 1 aliphatic carbocycles. The summed E-state index contributed by atoms with van der Waals surface area (Å²) in [6.07, 6.45) is 2.04. The first-order chi connectivity index (χ1) is 9.26. The molecule has 1 aromatic rings. The smallest absolute Gasteiger partial charge is 0.237 e. The summed E-state index contributed by atoms with van der Waals surface area (Å²) < 4.78 is 0. The molecule has 1 aliphatic rings. The van der Waals surface area contributed by atoms with Gasteiger partial charge in [-0.3, -0.25) is 10.1 Å². The number of rotatable bonds is 3. The number of nitrogen functional groups attached to an aromatic ring is 1. The van der Waals surface area contributed by atoms with Gasteiger partial charge >= 0.3 is 0 Å². The maximum atomic E-state index is 12.1. The Morgan fingerprint density at radius 1 is 1.40 bits per heavy atom. The van der Waals surface area contributed by atoms with E-state index in [1.165, 1.54) is 11.1 Å². The fourth-order valence-electron chi connectivity index (χ4n) is 2.67. The average molecular weight is 275 g/mol.